The minimum absolute atomic E-state index is 0.0395. The number of esters is 1. The molecular weight excluding hydrogens is 445 g/mol. The van der Waals surface area contributed by atoms with E-state index in [0.717, 1.165) is 22.4 Å². The van der Waals surface area contributed by atoms with Crippen molar-refractivity contribution in [1.29, 1.82) is 0 Å². The molecule has 7 nitrogen and oxygen atoms in total. The Kier molecular flexibility index (Phi) is 6.60. The van der Waals surface area contributed by atoms with Gasteiger partial charge in [-0.3, -0.25) is 4.57 Å². The Balaban J connectivity index is 1.94. The molecule has 0 N–H and O–H groups in total. The summed E-state index contributed by atoms with van der Waals surface area (Å²) >= 11 is 3.26. The highest BCUT2D eigenvalue weighted by molar-refractivity contribution is 9.10. The number of halogens is 2. The molecule has 0 unspecified atom stereocenters. The van der Waals surface area contributed by atoms with Crippen molar-refractivity contribution in [3.05, 3.63) is 80.2 Å². The molecule has 152 valence electrons. The maximum Gasteiger partial charge on any atom is 0.350 e. The van der Waals surface area contributed by atoms with E-state index in [0.29, 0.717) is 19.0 Å². The summed E-state index contributed by atoms with van der Waals surface area (Å²) in [6.45, 7) is 2.62. The monoisotopic (exact) mass is 463 g/mol. The second-order valence-corrected chi connectivity index (χ2v) is 6.90. The zero-order valence-electron chi connectivity index (χ0n) is 15.9. The van der Waals surface area contributed by atoms with Crippen LogP contribution in [0.2, 0.25) is 0 Å². The van der Waals surface area contributed by atoms with Gasteiger partial charge in [0.15, 0.2) is 5.82 Å². The van der Waals surface area contributed by atoms with Crippen LogP contribution in [-0.2, 0) is 29.2 Å². The predicted molar refractivity (Wildman–Crippen MR) is 107 cm³/mol. The second kappa shape index (κ2) is 9.15. The van der Waals surface area contributed by atoms with Crippen LogP contribution in [-0.4, -0.2) is 27.4 Å². The minimum atomic E-state index is -0.730. The Morgan fingerprint density at radius 3 is 2.59 bits per heavy atom. The standard InChI is InChI=1S/C20H19BrFN3O4/c1-3-24-17(12-29-11-13-7-5-4-6-8-13)23-25(20(24)27)16-10-14(22)9-15(18(16)21)19(26)28-2/h4-10H,3,11-12H2,1-2H3. The molecule has 1 aromatic heterocycles. The van der Waals surface area contributed by atoms with Crippen LogP contribution in [0.5, 0.6) is 0 Å². The summed E-state index contributed by atoms with van der Waals surface area (Å²) in [7, 11) is 1.19. The van der Waals surface area contributed by atoms with Crippen LogP contribution in [0.1, 0.15) is 28.7 Å². The molecular formula is C20H19BrFN3O4. The second-order valence-electron chi connectivity index (χ2n) is 6.11. The van der Waals surface area contributed by atoms with Crippen LogP contribution in [0.15, 0.2) is 51.7 Å². The quantitative estimate of drug-likeness (QED) is 0.501. The normalized spacial score (nSPS) is 10.9. The summed E-state index contributed by atoms with van der Waals surface area (Å²) in [4.78, 5) is 24.7. The highest BCUT2D eigenvalue weighted by Gasteiger charge is 2.21. The molecule has 0 aliphatic rings. The van der Waals surface area contributed by atoms with Crippen molar-refractivity contribution in [3.8, 4) is 5.69 Å². The van der Waals surface area contributed by atoms with Gasteiger partial charge in [-0.2, -0.15) is 4.68 Å². The molecule has 0 amide bonds. The lowest BCUT2D eigenvalue weighted by Crippen LogP contribution is -2.24. The summed E-state index contributed by atoms with van der Waals surface area (Å²) in [5.74, 6) is -1.03. The predicted octanol–water partition coefficient (Wildman–Crippen LogP) is 3.46. The lowest BCUT2D eigenvalue weighted by molar-refractivity contribution is 0.0599. The van der Waals surface area contributed by atoms with Crippen molar-refractivity contribution in [2.24, 2.45) is 0 Å². The highest BCUT2D eigenvalue weighted by atomic mass is 79.9. The Hall–Kier alpha value is -2.78. The van der Waals surface area contributed by atoms with E-state index in [9.17, 15) is 14.0 Å². The summed E-state index contributed by atoms with van der Waals surface area (Å²) in [5, 5.41) is 4.30. The molecule has 1 heterocycles. The van der Waals surface area contributed by atoms with E-state index in [2.05, 4.69) is 25.8 Å². The number of hydrogen-bond acceptors (Lipinski definition) is 5. The third-order valence-electron chi connectivity index (χ3n) is 4.25. The maximum absolute atomic E-state index is 14.1. The fourth-order valence-corrected chi connectivity index (χ4v) is 3.40. The summed E-state index contributed by atoms with van der Waals surface area (Å²) < 4.78 is 27.1. The van der Waals surface area contributed by atoms with Crippen molar-refractivity contribution < 1.29 is 18.7 Å². The largest absolute Gasteiger partial charge is 0.465 e. The van der Waals surface area contributed by atoms with Gasteiger partial charge in [-0.25, -0.2) is 14.0 Å². The van der Waals surface area contributed by atoms with E-state index in [4.69, 9.17) is 4.74 Å². The molecule has 2 aromatic carbocycles. The van der Waals surface area contributed by atoms with Crippen molar-refractivity contribution in [2.45, 2.75) is 26.7 Å². The van der Waals surface area contributed by atoms with E-state index in [1.54, 1.807) is 6.92 Å². The first kappa shape index (κ1) is 20.9. The van der Waals surface area contributed by atoms with Crippen LogP contribution >= 0.6 is 15.9 Å². The van der Waals surface area contributed by atoms with E-state index >= 15 is 0 Å². The van der Waals surface area contributed by atoms with E-state index in [1.807, 2.05) is 30.3 Å². The van der Waals surface area contributed by atoms with Crippen LogP contribution in [0, 0.1) is 5.82 Å². The summed E-state index contributed by atoms with van der Waals surface area (Å²) in [6.07, 6.45) is 0. The highest BCUT2D eigenvalue weighted by Crippen LogP contribution is 2.26. The molecule has 0 aliphatic carbocycles. The average molecular weight is 464 g/mol. The average Bonchev–Trinajstić information content (AvgIpc) is 3.04. The number of ether oxygens (including phenoxy) is 2. The molecule has 0 saturated heterocycles. The molecule has 0 fully saturated rings. The SMILES string of the molecule is CCn1c(COCc2ccccc2)nn(-c2cc(F)cc(C(=O)OC)c2Br)c1=O. The number of hydrogen-bond donors (Lipinski definition) is 0. The third-order valence-corrected chi connectivity index (χ3v) is 5.08. The molecule has 0 radical (unpaired) electrons. The molecule has 0 saturated carbocycles. The first-order valence-corrected chi connectivity index (χ1v) is 9.63. The van der Waals surface area contributed by atoms with Crippen molar-refractivity contribution in [1.82, 2.24) is 14.3 Å². The van der Waals surface area contributed by atoms with E-state index < -0.39 is 17.5 Å². The van der Waals surface area contributed by atoms with Gasteiger partial charge in [0, 0.05) is 12.6 Å². The number of nitrogens with zero attached hydrogens (tertiary/aromatic N) is 3. The van der Waals surface area contributed by atoms with Crippen molar-refractivity contribution in [2.75, 3.05) is 7.11 Å². The Labute approximate surface area is 174 Å². The minimum Gasteiger partial charge on any atom is -0.465 e. The number of benzene rings is 2. The summed E-state index contributed by atoms with van der Waals surface area (Å²) in [5.41, 5.74) is 0.593. The Bertz CT molecular complexity index is 1080. The molecule has 29 heavy (non-hydrogen) atoms. The lowest BCUT2D eigenvalue weighted by atomic mass is 10.2. The molecule has 0 bridgehead atoms. The van der Waals surface area contributed by atoms with Crippen LogP contribution in [0.3, 0.4) is 0 Å². The fourth-order valence-electron chi connectivity index (χ4n) is 2.84. The first-order valence-electron chi connectivity index (χ1n) is 8.84. The van der Waals surface area contributed by atoms with Gasteiger partial charge in [0.25, 0.3) is 0 Å². The topological polar surface area (TPSA) is 75.3 Å². The molecule has 3 rings (SSSR count). The van der Waals surface area contributed by atoms with Gasteiger partial charge in [0.1, 0.15) is 12.4 Å². The van der Waals surface area contributed by atoms with E-state index in [-0.39, 0.29) is 22.3 Å². The zero-order valence-corrected chi connectivity index (χ0v) is 17.5. The van der Waals surface area contributed by atoms with Gasteiger partial charge in [0.2, 0.25) is 0 Å². The van der Waals surface area contributed by atoms with Gasteiger partial charge in [-0.1, -0.05) is 30.3 Å². The van der Waals surface area contributed by atoms with Crippen molar-refractivity contribution in [3.63, 3.8) is 0 Å². The molecule has 9 heteroatoms. The van der Waals surface area contributed by atoms with Gasteiger partial charge >= 0.3 is 11.7 Å². The molecule has 3 aromatic rings. The molecule has 0 spiro atoms. The maximum atomic E-state index is 14.1. The number of carbonyl (C=O) groups is 1. The Morgan fingerprint density at radius 2 is 1.93 bits per heavy atom. The van der Waals surface area contributed by atoms with E-state index in [1.165, 1.54) is 11.7 Å². The lowest BCUT2D eigenvalue weighted by Gasteiger charge is -2.08. The number of carbonyl (C=O) groups excluding carboxylic acids is 1. The van der Waals surface area contributed by atoms with Gasteiger partial charge in [-0.15, -0.1) is 5.10 Å². The zero-order chi connectivity index (χ0) is 21.0. The number of methoxy groups -OCH3 is 1. The van der Waals surface area contributed by atoms with Crippen LogP contribution < -0.4 is 5.69 Å². The smallest absolute Gasteiger partial charge is 0.350 e. The molecule has 0 atom stereocenters. The number of rotatable bonds is 7. The first-order chi connectivity index (χ1) is 14.0. The van der Waals surface area contributed by atoms with Gasteiger partial charge in [-0.05, 0) is 34.5 Å². The fraction of sp³-hybridized carbons (Fsp3) is 0.250. The number of aromatic nitrogens is 3. The Morgan fingerprint density at radius 1 is 1.21 bits per heavy atom. The van der Waals surface area contributed by atoms with Crippen molar-refractivity contribution >= 4 is 21.9 Å². The summed E-state index contributed by atoms with van der Waals surface area (Å²) in [6, 6.07) is 11.8. The third kappa shape index (κ3) is 4.46. The van der Waals surface area contributed by atoms with Crippen LogP contribution in [0.4, 0.5) is 4.39 Å². The van der Waals surface area contributed by atoms with Crippen LogP contribution in [0.25, 0.3) is 5.69 Å². The van der Waals surface area contributed by atoms with Gasteiger partial charge in [0.05, 0.1) is 29.4 Å². The van der Waals surface area contributed by atoms with Gasteiger partial charge < -0.3 is 9.47 Å². The molecule has 0 aliphatic heterocycles.